The number of hydrogen-bond acceptors (Lipinski definition) is 4. The molecule has 0 aliphatic rings. The summed E-state index contributed by atoms with van der Waals surface area (Å²) in [5.41, 5.74) is 6.38. The molecule has 0 fully saturated rings. The van der Waals surface area contributed by atoms with Gasteiger partial charge in [0.1, 0.15) is 11.5 Å². The molecule has 0 aliphatic heterocycles. The average Bonchev–Trinajstić information content (AvgIpc) is 3.24. The first-order valence-corrected chi connectivity index (χ1v) is 7.71. The van der Waals surface area contributed by atoms with Crippen LogP contribution in [0.4, 0.5) is 14.5 Å². The molecule has 0 saturated carbocycles. The number of ketones is 1. The highest BCUT2D eigenvalue weighted by Gasteiger charge is 2.24. The van der Waals surface area contributed by atoms with Gasteiger partial charge in [0, 0.05) is 42.2 Å². The Labute approximate surface area is 146 Å². The quantitative estimate of drug-likeness (QED) is 0.438. The van der Waals surface area contributed by atoms with Gasteiger partial charge in [-0.25, -0.2) is 13.8 Å². The number of aromatic amines is 1. The van der Waals surface area contributed by atoms with Crippen molar-refractivity contribution in [2.24, 2.45) is 7.05 Å². The third kappa shape index (κ3) is 2.43. The van der Waals surface area contributed by atoms with Gasteiger partial charge >= 0.3 is 0 Å². The summed E-state index contributed by atoms with van der Waals surface area (Å²) < 4.78 is 29.9. The Balaban J connectivity index is 1.87. The smallest absolute Gasteiger partial charge is 0.201 e. The third-order valence-electron chi connectivity index (χ3n) is 4.13. The number of nitrogen functional groups attached to an aromatic ring is 1. The minimum absolute atomic E-state index is 0.105. The molecule has 3 heterocycles. The first-order valence-electron chi connectivity index (χ1n) is 7.71. The standard InChI is InChI=1S/C18H13F2N5O/c1-25-5-4-14(24-25)9-6-10-11(8-23-18(10)22-7-9)17(26)15-12(19)2-3-13(21)16(15)20/h2-8H,21H2,1H3,(H,22,23). The van der Waals surface area contributed by atoms with E-state index in [4.69, 9.17) is 5.73 Å². The fourth-order valence-electron chi connectivity index (χ4n) is 2.81. The monoisotopic (exact) mass is 353 g/mol. The topological polar surface area (TPSA) is 89.6 Å². The zero-order chi connectivity index (χ0) is 18.4. The number of H-pyrrole nitrogens is 1. The molecule has 0 aliphatic carbocycles. The normalized spacial score (nSPS) is 11.2. The van der Waals surface area contributed by atoms with E-state index in [0.717, 1.165) is 12.1 Å². The van der Waals surface area contributed by atoms with E-state index in [1.54, 1.807) is 36.3 Å². The Morgan fingerprint density at radius 2 is 2.08 bits per heavy atom. The maximum Gasteiger partial charge on any atom is 0.201 e. The van der Waals surface area contributed by atoms with Crippen molar-refractivity contribution in [2.45, 2.75) is 0 Å². The molecule has 3 N–H and O–H groups in total. The van der Waals surface area contributed by atoms with Crippen molar-refractivity contribution < 1.29 is 13.6 Å². The van der Waals surface area contributed by atoms with Crippen LogP contribution in [0, 0.1) is 11.6 Å². The first kappa shape index (κ1) is 15.9. The fraction of sp³-hybridized carbons (Fsp3) is 0.0556. The molecule has 6 nitrogen and oxygen atoms in total. The van der Waals surface area contributed by atoms with Crippen LogP contribution in [-0.4, -0.2) is 25.5 Å². The SMILES string of the molecule is Cn1ccc(-c2cnc3[nH]cc(C(=O)c4c(F)ccc(N)c4F)c3c2)n1. The molecule has 26 heavy (non-hydrogen) atoms. The Morgan fingerprint density at radius 1 is 1.27 bits per heavy atom. The van der Waals surface area contributed by atoms with E-state index in [-0.39, 0.29) is 11.3 Å². The number of rotatable bonds is 3. The summed E-state index contributed by atoms with van der Waals surface area (Å²) in [4.78, 5) is 19.9. The van der Waals surface area contributed by atoms with Gasteiger partial charge in [-0.3, -0.25) is 9.48 Å². The lowest BCUT2D eigenvalue weighted by molar-refractivity contribution is 0.103. The number of carbonyl (C=O) groups excluding carboxylic acids is 1. The molecule has 0 spiro atoms. The summed E-state index contributed by atoms with van der Waals surface area (Å²) in [5.74, 6) is -2.85. The predicted octanol–water partition coefficient (Wildman–Crippen LogP) is 3.05. The number of aryl methyl sites for hydroxylation is 1. The maximum absolute atomic E-state index is 14.2. The van der Waals surface area contributed by atoms with Gasteiger partial charge in [-0.1, -0.05) is 0 Å². The highest BCUT2D eigenvalue weighted by molar-refractivity contribution is 6.16. The van der Waals surface area contributed by atoms with Crippen LogP contribution >= 0.6 is 0 Å². The van der Waals surface area contributed by atoms with E-state index in [1.807, 2.05) is 0 Å². The van der Waals surface area contributed by atoms with E-state index in [2.05, 4.69) is 15.1 Å². The van der Waals surface area contributed by atoms with Crippen molar-refractivity contribution in [3.05, 3.63) is 65.6 Å². The number of nitrogens with two attached hydrogens (primary N) is 1. The number of fused-ring (bicyclic) bond motifs is 1. The van der Waals surface area contributed by atoms with E-state index in [1.165, 1.54) is 6.20 Å². The Morgan fingerprint density at radius 3 is 2.81 bits per heavy atom. The van der Waals surface area contributed by atoms with E-state index in [0.29, 0.717) is 22.3 Å². The van der Waals surface area contributed by atoms with Gasteiger partial charge < -0.3 is 10.7 Å². The number of aromatic nitrogens is 4. The molecule has 0 saturated heterocycles. The number of hydrogen-bond donors (Lipinski definition) is 2. The lowest BCUT2D eigenvalue weighted by atomic mass is 10.0. The van der Waals surface area contributed by atoms with Crippen LogP contribution in [-0.2, 0) is 7.05 Å². The number of nitrogens with one attached hydrogen (secondary N) is 1. The number of benzene rings is 1. The van der Waals surface area contributed by atoms with Gasteiger partial charge in [-0.2, -0.15) is 5.10 Å². The average molecular weight is 353 g/mol. The molecule has 0 unspecified atom stereocenters. The van der Waals surface area contributed by atoms with E-state index >= 15 is 0 Å². The highest BCUT2D eigenvalue weighted by atomic mass is 19.1. The number of carbonyl (C=O) groups is 1. The van der Waals surface area contributed by atoms with Crippen LogP contribution in [0.1, 0.15) is 15.9 Å². The molecular weight excluding hydrogens is 340 g/mol. The van der Waals surface area contributed by atoms with Crippen LogP contribution in [0.3, 0.4) is 0 Å². The van der Waals surface area contributed by atoms with Crippen molar-refractivity contribution >= 4 is 22.5 Å². The molecule has 0 atom stereocenters. The zero-order valence-electron chi connectivity index (χ0n) is 13.6. The molecule has 0 radical (unpaired) electrons. The Kier molecular flexibility index (Phi) is 3.54. The summed E-state index contributed by atoms with van der Waals surface area (Å²) in [6, 6.07) is 5.56. The minimum Gasteiger partial charge on any atom is -0.396 e. The van der Waals surface area contributed by atoms with Crippen LogP contribution < -0.4 is 5.73 Å². The lowest BCUT2D eigenvalue weighted by Gasteiger charge is -2.06. The van der Waals surface area contributed by atoms with Crippen molar-refractivity contribution in [2.75, 3.05) is 5.73 Å². The van der Waals surface area contributed by atoms with Gasteiger partial charge in [-0.05, 0) is 24.3 Å². The molecule has 1 aromatic carbocycles. The van der Waals surface area contributed by atoms with Crippen LogP contribution in [0.2, 0.25) is 0 Å². The number of halogens is 2. The summed E-state index contributed by atoms with van der Waals surface area (Å²) in [7, 11) is 1.78. The van der Waals surface area contributed by atoms with Gasteiger partial charge in [0.25, 0.3) is 0 Å². The van der Waals surface area contributed by atoms with E-state index < -0.39 is 23.0 Å². The van der Waals surface area contributed by atoms with Gasteiger partial charge in [-0.15, -0.1) is 0 Å². The van der Waals surface area contributed by atoms with Gasteiger partial charge in [0.05, 0.1) is 16.9 Å². The first-order chi connectivity index (χ1) is 12.5. The van der Waals surface area contributed by atoms with Crippen LogP contribution in [0.15, 0.2) is 42.9 Å². The van der Waals surface area contributed by atoms with Crippen LogP contribution in [0.5, 0.6) is 0 Å². The number of pyridine rings is 1. The second-order valence-corrected chi connectivity index (χ2v) is 5.85. The summed E-state index contributed by atoms with van der Waals surface area (Å²) >= 11 is 0. The summed E-state index contributed by atoms with van der Waals surface area (Å²) in [6.07, 6.45) is 4.77. The Hall–Kier alpha value is -3.55. The third-order valence-corrected chi connectivity index (χ3v) is 4.13. The van der Waals surface area contributed by atoms with Gasteiger partial charge in [0.15, 0.2) is 5.82 Å². The lowest BCUT2D eigenvalue weighted by Crippen LogP contribution is -2.09. The highest BCUT2D eigenvalue weighted by Crippen LogP contribution is 2.28. The minimum atomic E-state index is -1.07. The maximum atomic E-state index is 14.2. The van der Waals surface area contributed by atoms with Crippen molar-refractivity contribution in [3.8, 4) is 11.3 Å². The fourth-order valence-corrected chi connectivity index (χ4v) is 2.81. The largest absolute Gasteiger partial charge is 0.396 e. The Bertz CT molecular complexity index is 1160. The molecule has 8 heteroatoms. The molecular formula is C18H13F2N5O. The van der Waals surface area contributed by atoms with Crippen LogP contribution in [0.25, 0.3) is 22.3 Å². The molecule has 4 aromatic rings. The molecule has 0 amide bonds. The summed E-state index contributed by atoms with van der Waals surface area (Å²) in [5, 5.41) is 4.73. The number of anilines is 1. The predicted molar refractivity (Wildman–Crippen MR) is 92.5 cm³/mol. The number of nitrogens with zero attached hydrogens (tertiary/aromatic N) is 3. The van der Waals surface area contributed by atoms with Crippen molar-refractivity contribution in [1.29, 1.82) is 0 Å². The summed E-state index contributed by atoms with van der Waals surface area (Å²) in [6.45, 7) is 0. The molecule has 0 bridgehead atoms. The second kappa shape index (κ2) is 5.76. The molecule has 4 rings (SSSR count). The van der Waals surface area contributed by atoms with Crippen molar-refractivity contribution in [3.63, 3.8) is 0 Å². The molecule has 130 valence electrons. The van der Waals surface area contributed by atoms with E-state index in [9.17, 15) is 13.6 Å². The zero-order valence-corrected chi connectivity index (χ0v) is 13.6. The second-order valence-electron chi connectivity index (χ2n) is 5.85. The van der Waals surface area contributed by atoms with Gasteiger partial charge in [0.2, 0.25) is 5.78 Å². The molecule has 3 aromatic heterocycles. The van der Waals surface area contributed by atoms with Crippen molar-refractivity contribution in [1.82, 2.24) is 19.7 Å².